The Morgan fingerprint density at radius 3 is 0.810 bits per heavy atom. The highest BCUT2D eigenvalue weighted by molar-refractivity contribution is 5.39. The summed E-state index contributed by atoms with van der Waals surface area (Å²) in [5.41, 5.74) is 8.67. The predicted molar refractivity (Wildman–Crippen MR) is 167 cm³/mol. The lowest BCUT2D eigenvalue weighted by Gasteiger charge is -2.46. The summed E-state index contributed by atoms with van der Waals surface area (Å²) in [5.74, 6) is 0.815. The number of piperidine rings is 3. The van der Waals surface area contributed by atoms with E-state index in [1.807, 2.05) is 0 Å². The molecule has 3 fully saturated rings. The van der Waals surface area contributed by atoms with Crippen molar-refractivity contribution in [3.8, 4) is 0 Å². The van der Waals surface area contributed by atoms with Crippen molar-refractivity contribution in [2.24, 2.45) is 0 Å². The molecular formula is C30H57N9O3. The molecule has 12 nitrogen and oxygen atoms in total. The van der Waals surface area contributed by atoms with Gasteiger partial charge in [0.25, 0.3) is 17.8 Å². The van der Waals surface area contributed by atoms with Crippen LogP contribution < -0.4 is 32.4 Å². The lowest BCUT2D eigenvalue weighted by Crippen LogP contribution is -2.59. The maximum Gasteiger partial charge on any atom is 0.253 e. The first-order valence-corrected chi connectivity index (χ1v) is 15.5. The number of aromatic nitrogens is 3. The highest BCUT2D eigenvalue weighted by atomic mass is 16.7. The molecule has 1 aromatic heterocycles. The first kappa shape index (κ1) is 33.1. The molecule has 3 aliphatic heterocycles. The molecule has 0 saturated carbocycles. The van der Waals surface area contributed by atoms with Gasteiger partial charge in [-0.15, -0.1) is 0 Å². The summed E-state index contributed by atoms with van der Waals surface area (Å²) in [6.45, 7) is 26.3. The van der Waals surface area contributed by atoms with E-state index in [0.29, 0.717) is 0 Å². The number of nitrogens with one attached hydrogen (secondary N) is 6. The van der Waals surface area contributed by atoms with Gasteiger partial charge in [0.05, 0.1) is 18.3 Å². The summed E-state index contributed by atoms with van der Waals surface area (Å²) in [6, 6.07) is 0. The zero-order valence-corrected chi connectivity index (χ0v) is 28.0. The van der Waals surface area contributed by atoms with E-state index in [-0.39, 0.29) is 69.4 Å². The van der Waals surface area contributed by atoms with Crippen molar-refractivity contribution >= 4 is 17.8 Å². The zero-order valence-electron chi connectivity index (χ0n) is 28.0. The van der Waals surface area contributed by atoms with E-state index in [2.05, 4.69) is 130 Å². The average Bonchev–Trinajstić information content (AvgIpc) is 2.74. The summed E-state index contributed by atoms with van der Waals surface area (Å²) < 4.78 is 0. The van der Waals surface area contributed by atoms with Crippen molar-refractivity contribution in [1.82, 2.24) is 30.9 Å². The molecule has 1 aromatic rings. The van der Waals surface area contributed by atoms with Crippen LogP contribution in [-0.2, 0) is 14.5 Å². The van der Waals surface area contributed by atoms with E-state index in [1.165, 1.54) is 0 Å². The van der Waals surface area contributed by atoms with Crippen molar-refractivity contribution in [1.29, 1.82) is 0 Å². The van der Waals surface area contributed by atoms with Gasteiger partial charge in [-0.2, -0.15) is 15.0 Å². The Bertz CT molecular complexity index is 896. The number of rotatable bonds is 9. The molecule has 3 aliphatic rings. The quantitative estimate of drug-likeness (QED) is 0.219. The molecule has 0 unspecified atom stereocenters. The standard InChI is InChI=1S/C30H57N9O3/c1-25(2)13-19(14-26(3,4)37-25)40-34-22-31-23(35-41-20-15-27(5,6)38-28(7,8)16-20)33-24(32-22)36-42-21-17-29(9,10)39-30(11,12)18-21/h19-21,37-39H,13-18H2,1-12H3,(H3,31,32,33,34,35,36). The molecule has 4 heterocycles. The highest BCUT2D eigenvalue weighted by Crippen LogP contribution is 2.33. The van der Waals surface area contributed by atoms with Crippen molar-refractivity contribution in [2.75, 3.05) is 16.4 Å². The van der Waals surface area contributed by atoms with E-state index >= 15 is 0 Å². The van der Waals surface area contributed by atoms with E-state index in [4.69, 9.17) is 14.5 Å². The van der Waals surface area contributed by atoms with Gasteiger partial charge in [0.1, 0.15) is 0 Å². The van der Waals surface area contributed by atoms with Gasteiger partial charge in [-0.05, 0) is 122 Å². The van der Waals surface area contributed by atoms with E-state index in [0.717, 1.165) is 38.5 Å². The van der Waals surface area contributed by atoms with E-state index in [9.17, 15) is 0 Å². The Morgan fingerprint density at radius 2 is 0.619 bits per heavy atom. The normalized spacial score (nSPS) is 26.9. The van der Waals surface area contributed by atoms with Crippen LogP contribution in [-0.4, -0.2) is 66.5 Å². The predicted octanol–water partition coefficient (Wildman–Crippen LogP) is 4.83. The Labute approximate surface area is 252 Å². The molecule has 0 radical (unpaired) electrons. The van der Waals surface area contributed by atoms with Crippen LogP contribution in [0.2, 0.25) is 0 Å². The van der Waals surface area contributed by atoms with Crippen LogP contribution >= 0.6 is 0 Å². The van der Waals surface area contributed by atoms with Crippen LogP contribution in [0, 0.1) is 0 Å². The molecule has 0 aliphatic carbocycles. The van der Waals surface area contributed by atoms with Crippen LogP contribution in [0.3, 0.4) is 0 Å². The summed E-state index contributed by atoms with van der Waals surface area (Å²) in [7, 11) is 0. The van der Waals surface area contributed by atoms with Crippen LogP contribution in [0.1, 0.15) is 122 Å². The summed E-state index contributed by atoms with van der Waals surface area (Å²) in [4.78, 5) is 32.1. The maximum absolute atomic E-state index is 6.15. The van der Waals surface area contributed by atoms with Gasteiger partial charge in [-0.1, -0.05) is 0 Å². The molecule has 0 atom stereocenters. The fourth-order valence-corrected chi connectivity index (χ4v) is 7.86. The lowest BCUT2D eigenvalue weighted by atomic mass is 9.81. The molecule has 4 rings (SSSR count). The third kappa shape index (κ3) is 9.85. The van der Waals surface area contributed by atoms with Crippen LogP contribution in [0.4, 0.5) is 17.8 Å². The van der Waals surface area contributed by atoms with Gasteiger partial charge >= 0.3 is 0 Å². The minimum Gasteiger partial charge on any atom is -0.307 e. The Balaban J connectivity index is 1.47. The second-order valence-corrected chi connectivity index (χ2v) is 16.7. The summed E-state index contributed by atoms with van der Waals surface area (Å²) in [6.07, 6.45) is 5.02. The molecule has 240 valence electrons. The largest absolute Gasteiger partial charge is 0.307 e. The first-order chi connectivity index (χ1) is 19.1. The van der Waals surface area contributed by atoms with Crippen molar-refractivity contribution in [2.45, 2.75) is 173 Å². The Morgan fingerprint density at radius 1 is 0.429 bits per heavy atom. The van der Waals surface area contributed by atoms with Crippen LogP contribution in [0.5, 0.6) is 0 Å². The van der Waals surface area contributed by atoms with Crippen LogP contribution in [0.25, 0.3) is 0 Å². The minimum absolute atomic E-state index is 0.0215. The molecule has 0 aromatic carbocycles. The molecule has 6 N–H and O–H groups in total. The van der Waals surface area contributed by atoms with Crippen molar-refractivity contribution in [3.63, 3.8) is 0 Å². The second kappa shape index (κ2) is 11.6. The number of nitrogens with zero attached hydrogens (tertiary/aromatic N) is 3. The van der Waals surface area contributed by atoms with Gasteiger partial charge < -0.3 is 16.0 Å². The third-order valence-corrected chi connectivity index (χ3v) is 8.04. The Hall–Kier alpha value is -1.83. The van der Waals surface area contributed by atoms with Gasteiger partial charge in [-0.25, -0.2) is 16.4 Å². The van der Waals surface area contributed by atoms with Crippen molar-refractivity contribution in [3.05, 3.63) is 0 Å². The first-order valence-electron chi connectivity index (χ1n) is 15.5. The molecule has 12 heteroatoms. The van der Waals surface area contributed by atoms with Gasteiger partial charge in [0.15, 0.2) is 0 Å². The molecular weight excluding hydrogens is 534 g/mol. The molecule has 0 bridgehead atoms. The molecule has 42 heavy (non-hydrogen) atoms. The lowest BCUT2D eigenvalue weighted by molar-refractivity contribution is 0.00191. The molecule has 0 amide bonds. The summed E-state index contributed by atoms with van der Waals surface area (Å²) >= 11 is 0. The molecule has 0 spiro atoms. The number of hydrogen-bond donors (Lipinski definition) is 6. The smallest absolute Gasteiger partial charge is 0.253 e. The second-order valence-electron chi connectivity index (χ2n) is 16.7. The average molecular weight is 592 g/mol. The summed E-state index contributed by atoms with van der Waals surface area (Å²) in [5, 5.41) is 11.1. The zero-order chi connectivity index (χ0) is 31.2. The van der Waals surface area contributed by atoms with Crippen LogP contribution in [0.15, 0.2) is 0 Å². The number of hydrogen-bond acceptors (Lipinski definition) is 12. The van der Waals surface area contributed by atoms with Gasteiger partial charge in [-0.3, -0.25) is 14.5 Å². The monoisotopic (exact) mass is 591 g/mol. The fourth-order valence-electron chi connectivity index (χ4n) is 7.86. The third-order valence-electron chi connectivity index (χ3n) is 8.04. The molecule has 3 saturated heterocycles. The van der Waals surface area contributed by atoms with Crippen molar-refractivity contribution < 1.29 is 14.5 Å². The topological polar surface area (TPSA) is 139 Å². The number of anilines is 3. The Kier molecular flexibility index (Phi) is 9.13. The van der Waals surface area contributed by atoms with Gasteiger partial charge in [0, 0.05) is 33.2 Å². The van der Waals surface area contributed by atoms with E-state index < -0.39 is 0 Å². The maximum atomic E-state index is 6.15. The SMILES string of the molecule is CC1(C)CC(ONc2nc(NOC3CC(C)(C)NC(C)(C)C3)nc(NOC3CC(C)(C)NC(C)(C)C3)n2)CC(C)(C)N1. The minimum atomic E-state index is -0.0544. The van der Waals surface area contributed by atoms with E-state index in [1.54, 1.807) is 0 Å². The van der Waals surface area contributed by atoms with Gasteiger partial charge in [0.2, 0.25) is 0 Å². The fraction of sp³-hybridized carbons (Fsp3) is 0.900. The highest BCUT2D eigenvalue weighted by Gasteiger charge is 2.41.